The number of anilines is 1. The molecule has 2 rings (SSSR count). The minimum Gasteiger partial charge on any atom is -0.478 e. The third-order valence-corrected chi connectivity index (χ3v) is 2.89. The number of hydrogen-bond donors (Lipinski definition) is 2. The molecular formula is C12H17N3O4. The lowest BCUT2D eigenvalue weighted by Crippen LogP contribution is -2.20. The summed E-state index contributed by atoms with van der Waals surface area (Å²) >= 11 is 0. The second kappa shape index (κ2) is 6.44. The van der Waals surface area contributed by atoms with Crippen LogP contribution in [0, 0.1) is 0 Å². The predicted octanol–water partition coefficient (Wildman–Crippen LogP) is 0.912. The van der Waals surface area contributed by atoms with E-state index in [2.05, 4.69) is 15.3 Å². The van der Waals surface area contributed by atoms with Crippen molar-refractivity contribution in [3.8, 4) is 0 Å². The maximum Gasteiger partial charge on any atom is 0.339 e. The molecule has 2 heterocycles. The molecule has 0 radical (unpaired) electrons. The van der Waals surface area contributed by atoms with Crippen molar-refractivity contribution >= 4 is 11.9 Å². The van der Waals surface area contributed by atoms with Gasteiger partial charge in [0.2, 0.25) is 5.95 Å². The van der Waals surface area contributed by atoms with Crippen molar-refractivity contribution in [3.05, 3.63) is 17.5 Å². The topological polar surface area (TPSA) is 93.6 Å². The summed E-state index contributed by atoms with van der Waals surface area (Å²) in [5, 5.41) is 12.1. The second-order valence-electron chi connectivity index (χ2n) is 4.31. The average Bonchev–Trinajstić information content (AvgIpc) is 2.90. The highest BCUT2D eigenvalue weighted by Crippen LogP contribution is 2.13. The highest BCUT2D eigenvalue weighted by atomic mass is 16.5. The highest BCUT2D eigenvalue weighted by Gasteiger charge is 2.17. The fraction of sp³-hybridized carbons (Fsp3) is 0.583. The Morgan fingerprint density at radius 2 is 2.53 bits per heavy atom. The number of methoxy groups -OCH3 is 1. The van der Waals surface area contributed by atoms with Gasteiger partial charge in [0.05, 0.1) is 18.4 Å². The Labute approximate surface area is 111 Å². The number of aromatic nitrogens is 2. The Balaban J connectivity index is 2.04. The summed E-state index contributed by atoms with van der Waals surface area (Å²) in [4.78, 5) is 19.1. The number of hydrogen-bond acceptors (Lipinski definition) is 6. The van der Waals surface area contributed by atoms with E-state index in [1.807, 2.05) is 0 Å². The SMILES string of the molecule is COCc1nc(NCC2CCCO2)ncc1C(=O)O. The zero-order valence-electron chi connectivity index (χ0n) is 10.8. The number of carbonyl (C=O) groups is 1. The van der Waals surface area contributed by atoms with Crippen LogP contribution in [0.3, 0.4) is 0 Å². The van der Waals surface area contributed by atoms with Gasteiger partial charge in [-0.25, -0.2) is 14.8 Å². The monoisotopic (exact) mass is 267 g/mol. The molecule has 1 aromatic heterocycles. The number of nitrogens with zero attached hydrogens (tertiary/aromatic N) is 2. The standard InChI is InChI=1S/C12H17N3O4/c1-18-7-10-9(11(16)17)6-14-12(15-10)13-5-8-3-2-4-19-8/h6,8H,2-5,7H2,1H3,(H,16,17)(H,13,14,15). The molecule has 104 valence electrons. The Morgan fingerprint density at radius 1 is 1.68 bits per heavy atom. The van der Waals surface area contributed by atoms with Gasteiger partial charge in [0.25, 0.3) is 0 Å². The van der Waals surface area contributed by atoms with Crippen LogP contribution in [-0.4, -0.2) is 47.4 Å². The van der Waals surface area contributed by atoms with Crippen molar-refractivity contribution < 1.29 is 19.4 Å². The third kappa shape index (κ3) is 3.62. The molecule has 2 N–H and O–H groups in total. The fourth-order valence-electron chi connectivity index (χ4n) is 1.94. The largest absolute Gasteiger partial charge is 0.478 e. The van der Waals surface area contributed by atoms with Crippen LogP contribution in [0.5, 0.6) is 0 Å². The van der Waals surface area contributed by atoms with E-state index in [4.69, 9.17) is 14.6 Å². The molecule has 1 fully saturated rings. The molecule has 0 saturated carbocycles. The van der Waals surface area contributed by atoms with E-state index in [0.29, 0.717) is 18.2 Å². The molecule has 0 spiro atoms. The highest BCUT2D eigenvalue weighted by molar-refractivity contribution is 5.88. The molecule has 0 aliphatic carbocycles. The van der Waals surface area contributed by atoms with Crippen LogP contribution >= 0.6 is 0 Å². The molecule has 1 aromatic rings. The number of ether oxygens (including phenoxy) is 2. The summed E-state index contributed by atoms with van der Waals surface area (Å²) < 4.78 is 10.4. The van der Waals surface area contributed by atoms with Crippen LogP contribution in [-0.2, 0) is 16.1 Å². The van der Waals surface area contributed by atoms with E-state index in [1.54, 1.807) is 0 Å². The minimum atomic E-state index is -1.06. The predicted molar refractivity (Wildman–Crippen MR) is 67.2 cm³/mol. The van der Waals surface area contributed by atoms with Crippen LogP contribution < -0.4 is 5.32 Å². The second-order valence-corrected chi connectivity index (χ2v) is 4.31. The molecule has 0 bridgehead atoms. The summed E-state index contributed by atoms with van der Waals surface area (Å²) in [7, 11) is 1.49. The smallest absolute Gasteiger partial charge is 0.339 e. The van der Waals surface area contributed by atoms with Gasteiger partial charge in [-0.15, -0.1) is 0 Å². The molecule has 1 saturated heterocycles. The molecule has 7 heteroatoms. The van der Waals surface area contributed by atoms with Gasteiger partial charge in [0, 0.05) is 26.5 Å². The lowest BCUT2D eigenvalue weighted by molar-refractivity contribution is 0.0690. The van der Waals surface area contributed by atoms with Gasteiger partial charge in [-0.3, -0.25) is 0 Å². The first-order valence-corrected chi connectivity index (χ1v) is 6.14. The maximum absolute atomic E-state index is 11.0. The van der Waals surface area contributed by atoms with Gasteiger partial charge in [0.1, 0.15) is 5.56 Å². The minimum absolute atomic E-state index is 0.0597. The van der Waals surface area contributed by atoms with Crippen LogP contribution in [0.2, 0.25) is 0 Å². The van der Waals surface area contributed by atoms with E-state index in [0.717, 1.165) is 19.4 Å². The number of nitrogens with one attached hydrogen (secondary N) is 1. The summed E-state index contributed by atoms with van der Waals surface area (Å²) in [5.41, 5.74) is 0.421. The van der Waals surface area contributed by atoms with Crippen molar-refractivity contribution in [1.82, 2.24) is 9.97 Å². The zero-order chi connectivity index (χ0) is 13.7. The summed E-state index contributed by atoms with van der Waals surface area (Å²) in [6, 6.07) is 0. The van der Waals surface area contributed by atoms with Crippen LogP contribution in [0.25, 0.3) is 0 Å². The van der Waals surface area contributed by atoms with E-state index in [-0.39, 0.29) is 18.3 Å². The van der Waals surface area contributed by atoms with Crippen molar-refractivity contribution in [1.29, 1.82) is 0 Å². The van der Waals surface area contributed by atoms with Gasteiger partial charge in [-0.05, 0) is 12.8 Å². The van der Waals surface area contributed by atoms with Gasteiger partial charge < -0.3 is 19.9 Å². The van der Waals surface area contributed by atoms with Crippen molar-refractivity contribution in [2.24, 2.45) is 0 Å². The van der Waals surface area contributed by atoms with E-state index in [9.17, 15) is 4.79 Å². The van der Waals surface area contributed by atoms with Gasteiger partial charge in [-0.2, -0.15) is 0 Å². The lowest BCUT2D eigenvalue weighted by Gasteiger charge is -2.12. The quantitative estimate of drug-likeness (QED) is 0.791. The molecule has 7 nitrogen and oxygen atoms in total. The lowest BCUT2D eigenvalue weighted by atomic mass is 10.2. The average molecular weight is 267 g/mol. The molecule has 1 aliphatic heterocycles. The number of rotatable bonds is 6. The van der Waals surface area contributed by atoms with Crippen molar-refractivity contribution in [2.45, 2.75) is 25.6 Å². The number of carboxylic acids is 1. The molecule has 1 aliphatic rings. The Hall–Kier alpha value is -1.73. The Kier molecular flexibility index (Phi) is 4.64. The first kappa shape index (κ1) is 13.7. The summed E-state index contributed by atoms with van der Waals surface area (Å²) in [5.74, 6) is -0.662. The molecule has 0 amide bonds. The van der Waals surface area contributed by atoms with E-state index >= 15 is 0 Å². The normalized spacial score (nSPS) is 18.5. The molecule has 0 aromatic carbocycles. The Bertz CT molecular complexity index is 447. The van der Waals surface area contributed by atoms with Crippen LogP contribution in [0.15, 0.2) is 6.20 Å². The van der Waals surface area contributed by atoms with Crippen molar-refractivity contribution in [2.75, 3.05) is 25.6 Å². The van der Waals surface area contributed by atoms with Gasteiger partial charge >= 0.3 is 5.97 Å². The van der Waals surface area contributed by atoms with Gasteiger partial charge in [0.15, 0.2) is 0 Å². The van der Waals surface area contributed by atoms with E-state index in [1.165, 1.54) is 13.3 Å². The molecule has 19 heavy (non-hydrogen) atoms. The third-order valence-electron chi connectivity index (χ3n) is 2.89. The van der Waals surface area contributed by atoms with Crippen molar-refractivity contribution in [3.63, 3.8) is 0 Å². The van der Waals surface area contributed by atoms with Crippen LogP contribution in [0.4, 0.5) is 5.95 Å². The maximum atomic E-state index is 11.0. The van der Waals surface area contributed by atoms with Crippen LogP contribution in [0.1, 0.15) is 28.9 Å². The summed E-state index contributed by atoms with van der Waals surface area (Å²) in [6.45, 7) is 1.55. The molecule has 1 atom stereocenters. The fourth-order valence-corrected chi connectivity index (χ4v) is 1.94. The van der Waals surface area contributed by atoms with Gasteiger partial charge in [-0.1, -0.05) is 0 Å². The number of carboxylic acid groups (broad SMARTS) is 1. The summed E-state index contributed by atoms with van der Waals surface area (Å²) in [6.07, 6.45) is 3.56. The zero-order valence-corrected chi connectivity index (χ0v) is 10.8. The first-order valence-electron chi connectivity index (χ1n) is 6.14. The number of aromatic carboxylic acids is 1. The van der Waals surface area contributed by atoms with E-state index < -0.39 is 5.97 Å². The molecule has 1 unspecified atom stereocenters. The first-order chi connectivity index (χ1) is 9.20. The Morgan fingerprint density at radius 3 is 3.16 bits per heavy atom. The molecular weight excluding hydrogens is 250 g/mol.